The lowest BCUT2D eigenvalue weighted by atomic mass is 9.43. The van der Waals surface area contributed by atoms with E-state index in [1.165, 1.54) is 13.1 Å². The summed E-state index contributed by atoms with van der Waals surface area (Å²) in [5.74, 6) is -0.0324. The van der Waals surface area contributed by atoms with Crippen LogP contribution in [0, 0.1) is 23.2 Å². The molecule has 2 amide bonds. The van der Waals surface area contributed by atoms with E-state index in [2.05, 4.69) is 50.2 Å². The predicted molar refractivity (Wildman–Crippen MR) is 146 cm³/mol. The fraction of sp³-hybridized carbons (Fsp3) is 0.621. The highest BCUT2D eigenvalue weighted by atomic mass is 16.7. The molecule has 0 unspecified atom stereocenters. The van der Waals surface area contributed by atoms with Gasteiger partial charge in [-0.25, -0.2) is 0 Å². The highest BCUT2D eigenvalue weighted by Crippen LogP contribution is 2.65. The van der Waals surface area contributed by atoms with Crippen molar-refractivity contribution in [2.24, 2.45) is 23.2 Å². The third-order valence-electron chi connectivity index (χ3n) is 9.25. The Morgan fingerprint density at radius 3 is 2.58 bits per heavy atom. The minimum absolute atomic E-state index is 0.00325. The number of pyridine rings is 1. The van der Waals surface area contributed by atoms with Gasteiger partial charge in [0, 0.05) is 11.6 Å². The molecule has 2 heterocycles. The van der Waals surface area contributed by atoms with Gasteiger partial charge in [-0.1, -0.05) is 45.9 Å². The first kappa shape index (κ1) is 27.1. The molecule has 6 rings (SSSR count). The van der Waals surface area contributed by atoms with Crippen molar-refractivity contribution in [2.45, 2.75) is 90.6 Å². The van der Waals surface area contributed by atoms with Crippen molar-refractivity contribution in [2.75, 3.05) is 0 Å². The number of rotatable bonds is 8. The maximum atomic E-state index is 13.5. The SMILES string of the molecule is CC(C)C[C@H](NC(=O)[C@@H](NC(=O)c1cnc2ccccc2c1)[C@@H](C)O)B1O[C@@H]2C[C@H]3C[C@H](C3(C)C)[C@]2(C)O1. The summed E-state index contributed by atoms with van der Waals surface area (Å²) in [4.78, 5) is 30.9. The molecule has 4 aliphatic rings. The number of fused-ring (bicyclic) bond motifs is 1. The number of benzene rings is 1. The van der Waals surface area contributed by atoms with E-state index in [0.717, 1.165) is 23.7 Å². The summed E-state index contributed by atoms with van der Waals surface area (Å²) in [6, 6.07) is 8.08. The number of aliphatic hydroxyl groups is 1. The molecular weight excluding hydrogens is 481 g/mol. The van der Waals surface area contributed by atoms with Crippen LogP contribution in [0.25, 0.3) is 10.9 Å². The van der Waals surface area contributed by atoms with Crippen LogP contribution in [0.1, 0.15) is 71.2 Å². The summed E-state index contributed by atoms with van der Waals surface area (Å²) >= 11 is 0. The molecule has 4 fully saturated rings. The number of nitrogens with zero attached hydrogens (tertiary/aromatic N) is 1. The Labute approximate surface area is 225 Å². The molecule has 1 saturated heterocycles. The van der Waals surface area contributed by atoms with Crippen LogP contribution in [0.3, 0.4) is 0 Å². The van der Waals surface area contributed by atoms with Crippen LogP contribution in [-0.4, -0.2) is 58.8 Å². The minimum atomic E-state index is -1.14. The molecule has 3 aliphatic carbocycles. The second-order valence-electron chi connectivity index (χ2n) is 12.7. The van der Waals surface area contributed by atoms with Crippen LogP contribution in [0.15, 0.2) is 36.5 Å². The van der Waals surface area contributed by atoms with Crippen LogP contribution in [-0.2, 0) is 14.1 Å². The molecule has 9 heteroatoms. The standard InChI is InChI=1S/C29H40BN3O5/c1-16(2)11-24(30-37-23-14-20-13-22(28(20,4)5)29(23,6)38-30)32-27(36)25(17(3)34)33-26(35)19-12-18-9-7-8-10-21(18)31-15-19/h7-10,12,15-17,20,22-25,34H,11,13-14H2,1-6H3,(H,32,36)(H,33,35)/t17-,20-,22-,23-,24+,25+,29+/m1/s1. The molecule has 1 aromatic carbocycles. The number of nitrogens with one attached hydrogen (secondary N) is 2. The number of para-hydroxylation sites is 1. The third kappa shape index (κ3) is 4.73. The summed E-state index contributed by atoms with van der Waals surface area (Å²) in [5, 5.41) is 17.0. The summed E-state index contributed by atoms with van der Waals surface area (Å²) in [6.45, 7) is 12.5. The zero-order valence-corrected chi connectivity index (χ0v) is 23.2. The molecule has 3 saturated carbocycles. The minimum Gasteiger partial charge on any atom is -0.404 e. The topological polar surface area (TPSA) is 110 Å². The summed E-state index contributed by atoms with van der Waals surface area (Å²) in [7, 11) is -0.582. The van der Waals surface area contributed by atoms with Gasteiger partial charge < -0.3 is 25.0 Å². The first-order valence-corrected chi connectivity index (χ1v) is 13.9. The van der Waals surface area contributed by atoms with Gasteiger partial charge in [-0.3, -0.25) is 14.6 Å². The van der Waals surface area contributed by atoms with Gasteiger partial charge in [0.2, 0.25) is 5.91 Å². The Balaban J connectivity index is 1.30. The van der Waals surface area contributed by atoms with Crippen LogP contribution in [0.4, 0.5) is 0 Å². The second-order valence-corrected chi connectivity index (χ2v) is 12.7. The summed E-state index contributed by atoms with van der Waals surface area (Å²) < 4.78 is 13.1. The number of aliphatic hydroxyl groups excluding tert-OH is 1. The Morgan fingerprint density at radius 2 is 1.89 bits per heavy atom. The first-order chi connectivity index (χ1) is 17.9. The van der Waals surface area contributed by atoms with Gasteiger partial charge in [-0.2, -0.15) is 0 Å². The molecule has 1 aliphatic heterocycles. The fourth-order valence-corrected chi connectivity index (χ4v) is 6.91. The molecule has 2 aromatic rings. The number of amides is 2. The van der Waals surface area contributed by atoms with Crippen molar-refractivity contribution in [1.82, 2.24) is 15.6 Å². The zero-order valence-electron chi connectivity index (χ0n) is 23.2. The van der Waals surface area contributed by atoms with E-state index >= 15 is 0 Å². The quantitative estimate of drug-likeness (QED) is 0.459. The van der Waals surface area contributed by atoms with E-state index in [-0.39, 0.29) is 23.0 Å². The predicted octanol–water partition coefficient (Wildman–Crippen LogP) is 3.51. The number of carbonyl (C=O) groups excluding carboxylic acids is 2. The molecule has 2 bridgehead atoms. The average Bonchev–Trinajstić information content (AvgIpc) is 3.23. The van der Waals surface area contributed by atoms with Crippen LogP contribution < -0.4 is 10.6 Å². The monoisotopic (exact) mass is 521 g/mol. The van der Waals surface area contributed by atoms with E-state index in [4.69, 9.17) is 9.31 Å². The largest absolute Gasteiger partial charge is 0.481 e. The molecule has 204 valence electrons. The van der Waals surface area contributed by atoms with Crippen LogP contribution in [0.5, 0.6) is 0 Å². The number of hydrogen-bond donors (Lipinski definition) is 3. The smallest absolute Gasteiger partial charge is 0.404 e. The van der Waals surface area contributed by atoms with E-state index < -0.39 is 37.0 Å². The number of carbonyl (C=O) groups is 2. The molecule has 8 nitrogen and oxygen atoms in total. The van der Waals surface area contributed by atoms with E-state index in [9.17, 15) is 14.7 Å². The van der Waals surface area contributed by atoms with Gasteiger partial charge >= 0.3 is 7.12 Å². The lowest BCUT2D eigenvalue weighted by Crippen LogP contribution is -2.65. The molecular formula is C29H40BN3O5. The summed E-state index contributed by atoms with van der Waals surface area (Å²) in [5.41, 5.74) is 0.933. The maximum Gasteiger partial charge on any atom is 0.481 e. The molecule has 0 radical (unpaired) electrons. The van der Waals surface area contributed by atoms with E-state index in [0.29, 0.717) is 23.8 Å². The highest BCUT2D eigenvalue weighted by molar-refractivity contribution is 6.48. The maximum absolute atomic E-state index is 13.5. The molecule has 7 atom stereocenters. The highest BCUT2D eigenvalue weighted by Gasteiger charge is 2.68. The Morgan fingerprint density at radius 1 is 1.16 bits per heavy atom. The van der Waals surface area contributed by atoms with Crippen LogP contribution >= 0.6 is 0 Å². The Hall–Kier alpha value is -2.49. The molecule has 3 N–H and O–H groups in total. The molecule has 0 spiro atoms. The lowest BCUT2D eigenvalue weighted by Gasteiger charge is -2.64. The fourth-order valence-electron chi connectivity index (χ4n) is 6.91. The van der Waals surface area contributed by atoms with Gasteiger partial charge in [0.25, 0.3) is 5.91 Å². The molecule has 1 aromatic heterocycles. The number of aromatic nitrogens is 1. The van der Waals surface area contributed by atoms with E-state index in [1.807, 2.05) is 24.3 Å². The third-order valence-corrected chi connectivity index (χ3v) is 9.25. The Kier molecular flexibility index (Phi) is 7.07. The van der Waals surface area contributed by atoms with E-state index in [1.54, 1.807) is 6.07 Å². The van der Waals surface area contributed by atoms with Gasteiger partial charge in [0.1, 0.15) is 6.04 Å². The second kappa shape index (κ2) is 9.92. The van der Waals surface area contributed by atoms with Crippen molar-refractivity contribution < 1.29 is 24.0 Å². The van der Waals surface area contributed by atoms with Crippen molar-refractivity contribution in [1.29, 1.82) is 0 Å². The normalized spacial score (nSPS) is 29.8. The van der Waals surface area contributed by atoms with Crippen molar-refractivity contribution >= 4 is 29.8 Å². The molecule has 38 heavy (non-hydrogen) atoms. The van der Waals surface area contributed by atoms with Crippen molar-refractivity contribution in [3.63, 3.8) is 0 Å². The van der Waals surface area contributed by atoms with Gasteiger partial charge in [-0.15, -0.1) is 0 Å². The summed E-state index contributed by atoms with van der Waals surface area (Å²) in [6.07, 6.45) is 3.13. The van der Waals surface area contributed by atoms with Gasteiger partial charge in [-0.05, 0) is 68.4 Å². The van der Waals surface area contributed by atoms with Gasteiger partial charge in [0.15, 0.2) is 0 Å². The Bertz CT molecular complexity index is 1220. The zero-order chi connectivity index (χ0) is 27.4. The van der Waals surface area contributed by atoms with Gasteiger partial charge in [0.05, 0.1) is 34.8 Å². The van der Waals surface area contributed by atoms with Crippen LogP contribution in [0.2, 0.25) is 0 Å². The van der Waals surface area contributed by atoms with Crippen molar-refractivity contribution in [3.8, 4) is 0 Å². The van der Waals surface area contributed by atoms with Crippen molar-refractivity contribution in [3.05, 3.63) is 42.1 Å². The number of hydrogen-bond acceptors (Lipinski definition) is 6. The lowest BCUT2D eigenvalue weighted by molar-refractivity contribution is -0.199. The first-order valence-electron chi connectivity index (χ1n) is 13.9. The average molecular weight is 521 g/mol.